The molecule has 226 valence electrons. The first kappa shape index (κ1) is 30.4. The fraction of sp³-hybridized carbons (Fsp3) is 0.303. The van der Waals surface area contributed by atoms with Gasteiger partial charge in [-0.2, -0.15) is 26.3 Å². The highest BCUT2D eigenvalue weighted by Gasteiger charge is 2.39. The molecule has 0 spiro atoms. The van der Waals surface area contributed by atoms with Crippen molar-refractivity contribution in [2.75, 3.05) is 13.7 Å². The van der Waals surface area contributed by atoms with Crippen molar-refractivity contribution in [3.05, 3.63) is 113 Å². The minimum absolute atomic E-state index is 0.0362. The van der Waals surface area contributed by atoms with Gasteiger partial charge in [0.2, 0.25) is 0 Å². The average molecular weight is 601 g/mol. The van der Waals surface area contributed by atoms with Crippen LogP contribution in [0.3, 0.4) is 0 Å². The maximum Gasteiger partial charge on any atom is 0.416 e. The first-order valence-corrected chi connectivity index (χ1v) is 13.9. The Hall–Kier alpha value is -4.05. The molecule has 0 radical (unpaired) electrons. The van der Waals surface area contributed by atoms with Gasteiger partial charge < -0.3 is 15.0 Å². The summed E-state index contributed by atoms with van der Waals surface area (Å²) in [5, 5.41) is 5.58. The van der Waals surface area contributed by atoms with Crippen molar-refractivity contribution >= 4 is 16.7 Å². The topological polar surface area (TPSA) is 41.6 Å². The molecule has 0 aliphatic carbocycles. The number of hydrogen-bond donors (Lipinski definition) is 1. The molecule has 1 saturated heterocycles. The van der Waals surface area contributed by atoms with Crippen LogP contribution < -0.4 is 10.1 Å². The molecule has 43 heavy (non-hydrogen) atoms. The molecule has 1 fully saturated rings. The smallest absolute Gasteiger partial charge is 0.416 e. The van der Waals surface area contributed by atoms with Gasteiger partial charge in [0.15, 0.2) is 0 Å². The van der Waals surface area contributed by atoms with Gasteiger partial charge in [-0.15, -0.1) is 0 Å². The van der Waals surface area contributed by atoms with E-state index in [1.54, 1.807) is 7.11 Å². The molecule has 5 rings (SSSR count). The van der Waals surface area contributed by atoms with E-state index < -0.39 is 41.0 Å². The van der Waals surface area contributed by atoms with E-state index in [9.17, 15) is 31.1 Å². The summed E-state index contributed by atoms with van der Waals surface area (Å²) in [5.41, 5.74) is -1.68. The molecule has 2 atom stereocenters. The van der Waals surface area contributed by atoms with E-state index in [1.165, 1.54) is 4.90 Å². The van der Waals surface area contributed by atoms with E-state index in [-0.39, 0.29) is 18.7 Å². The lowest BCUT2D eigenvalue weighted by Gasteiger charge is -2.40. The summed E-state index contributed by atoms with van der Waals surface area (Å²) in [6.07, 6.45) is -8.72. The van der Waals surface area contributed by atoms with Crippen LogP contribution in [0.25, 0.3) is 10.8 Å². The minimum Gasteiger partial charge on any atom is -0.496 e. The minimum atomic E-state index is -5.04. The zero-order valence-corrected chi connectivity index (χ0v) is 23.3. The van der Waals surface area contributed by atoms with Gasteiger partial charge >= 0.3 is 12.4 Å². The molecule has 4 aromatic carbocycles. The number of likely N-dealkylation sites (tertiary alicyclic amines) is 1. The predicted molar refractivity (Wildman–Crippen MR) is 152 cm³/mol. The summed E-state index contributed by atoms with van der Waals surface area (Å²) in [6.45, 7) is 0.707. The fourth-order valence-corrected chi connectivity index (χ4v) is 5.75. The maximum absolute atomic E-state index is 13.6. The highest BCUT2D eigenvalue weighted by Crippen LogP contribution is 2.37. The molecule has 10 heteroatoms. The van der Waals surface area contributed by atoms with E-state index in [1.807, 2.05) is 66.7 Å². The lowest BCUT2D eigenvalue weighted by atomic mass is 9.91. The Balaban J connectivity index is 1.40. The second-order valence-corrected chi connectivity index (χ2v) is 10.7. The van der Waals surface area contributed by atoms with Crippen molar-refractivity contribution in [1.82, 2.24) is 10.2 Å². The zero-order chi connectivity index (χ0) is 30.8. The number of carbonyl (C=O) groups excluding carboxylic acids is 1. The molecule has 1 N–H and O–H groups in total. The molecule has 0 saturated carbocycles. The largest absolute Gasteiger partial charge is 0.496 e. The first-order valence-electron chi connectivity index (χ1n) is 13.9. The van der Waals surface area contributed by atoms with Crippen LogP contribution in [0.1, 0.15) is 45.5 Å². The van der Waals surface area contributed by atoms with E-state index in [0.29, 0.717) is 37.9 Å². The standard InChI is InChI=1S/C33H30F6N2O2/c1-43-30-12-11-22(28-9-5-6-10-29(28)30)20-40-26-13-14-41(27(19-26)15-21-7-3-2-4-8-21)31(42)23-16-24(32(34,35)36)18-25(17-23)33(37,38)39/h2-12,16-18,26-27,40H,13-15,19-20H2,1H3/t26-,27+/m0/s1. The van der Waals surface area contributed by atoms with Gasteiger partial charge in [-0.3, -0.25) is 4.79 Å². The number of alkyl halides is 6. The Bertz CT molecular complexity index is 1550. The Kier molecular flexibility index (Phi) is 8.69. The van der Waals surface area contributed by atoms with Crippen LogP contribution >= 0.6 is 0 Å². The molecular weight excluding hydrogens is 570 g/mol. The lowest BCUT2D eigenvalue weighted by molar-refractivity contribution is -0.143. The van der Waals surface area contributed by atoms with Crippen molar-refractivity contribution in [3.8, 4) is 5.75 Å². The number of methoxy groups -OCH3 is 1. The van der Waals surface area contributed by atoms with Gasteiger partial charge in [0.05, 0.1) is 18.2 Å². The van der Waals surface area contributed by atoms with E-state index in [2.05, 4.69) is 5.32 Å². The second kappa shape index (κ2) is 12.3. The van der Waals surface area contributed by atoms with Gasteiger partial charge in [0.1, 0.15) is 5.75 Å². The van der Waals surface area contributed by atoms with Crippen LogP contribution in [0, 0.1) is 0 Å². The van der Waals surface area contributed by atoms with E-state index in [4.69, 9.17) is 4.74 Å². The average Bonchev–Trinajstić information content (AvgIpc) is 2.99. The third kappa shape index (κ3) is 6.96. The number of amides is 1. The highest BCUT2D eigenvalue weighted by molar-refractivity contribution is 5.95. The SMILES string of the molecule is COc1ccc(CN[C@H]2CCN(C(=O)c3cc(C(F)(F)F)cc(C(F)(F)F)c3)[C@H](Cc3ccccc3)C2)c2ccccc12. The van der Waals surface area contributed by atoms with Crippen molar-refractivity contribution < 1.29 is 35.9 Å². The number of rotatable bonds is 7. The summed E-state index contributed by atoms with van der Waals surface area (Å²) in [6, 6.07) is 21.6. The lowest BCUT2D eigenvalue weighted by Crippen LogP contribution is -2.51. The zero-order valence-electron chi connectivity index (χ0n) is 23.3. The van der Waals surface area contributed by atoms with Crippen LogP contribution in [0.2, 0.25) is 0 Å². The molecule has 1 aliphatic heterocycles. The summed E-state index contributed by atoms with van der Waals surface area (Å²) in [4.78, 5) is 15.0. The molecular formula is C33H30F6N2O2. The third-order valence-corrected chi connectivity index (χ3v) is 7.90. The van der Waals surface area contributed by atoms with Gasteiger partial charge in [0, 0.05) is 36.1 Å². The normalized spacial score (nSPS) is 17.7. The Morgan fingerprint density at radius 2 is 1.49 bits per heavy atom. The first-order chi connectivity index (χ1) is 20.4. The Morgan fingerprint density at radius 1 is 0.860 bits per heavy atom. The Labute approximate surface area is 245 Å². The molecule has 0 aromatic heterocycles. The molecule has 4 nitrogen and oxygen atoms in total. The van der Waals surface area contributed by atoms with Gasteiger partial charge in [-0.1, -0.05) is 60.7 Å². The molecule has 4 aromatic rings. The van der Waals surface area contributed by atoms with Crippen LogP contribution in [-0.2, 0) is 25.3 Å². The quantitative estimate of drug-likeness (QED) is 0.220. The van der Waals surface area contributed by atoms with Crippen molar-refractivity contribution in [2.45, 2.75) is 50.2 Å². The maximum atomic E-state index is 13.6. The number of benzene rings is 4. The second-order valence-electron chi connectivity index (χ2n) is 10.7. The van der Waals surface area contributed by atoms with E-state index >= 15 is 0 Å². The number of fused-ring (bicyclic) bond motifs is 1. The molecule has 1 heterocycles. The van der Waals surface area contributed by atoms with Crippen molar-refractivity contribution in [1.29, 1.82) is 0 Å². The number of carbonyl (C=O) groups is 1. The van der Waals surface area contributed by atoms with Gasteiger partial charge in [-0.05, 0) is 60.0 Å². The Morgan fingerprint density at radius 3 is 2.12 bits per heavy atom. The van der Waals surface area contributed by atoms with Crippen LogP contribution in [-0.4, -0.2) is 36.5 Å². The monoisotopic (exact) mass is 600 g/mol. The fourth-order valence-electron chi connectivity index (χ4n) is 5.75. The third-order valence-electron chi connectivity index (χ3n) is 7.90. The summed E-state index contributed by atoms with van der Waals surface area (Å²) in [5.74, 6) is -0.0884. The number of hydrogen-bond acceptors (Lipinski definition) is 3. The van der Waals surface area contributed by atoms with Crippen LogP contribution in [0.4, 0.5) is 26.3 Å². The number of nitrogens with one attached hydrogen (secondary N) is 1. The summed E-state index contributed by atoms with van der Waals surface area (Å²) >= 11 is 0. The van der Waals surface area contributed by atoms with E-state index in [0.717, 1.165) is 27.6 Å². The predicted octanol–water partition coefficient (Wildman–Crippen LogP) is 7.89. The summed E-state index contributed by atoms with van der Waals surface area (Å²) in [7, 11) is 1.62. The van der Waals surface area contributed by atoms with Gasteiger partial charge in [0.25, 0.3) is 5.91 Å². The molecule has 1 aliphatic rings. The summed E-state index contributed by atoms with van der Waals surface area (Å²) < 4.78 is 86.6. The van der Waals surface area contributed by atoms with Crippen LogP contribution in [0.15, 0.2) is 84.9 Å². The number of piperidine rings is 1. The molecule has 0 bridgehead atoms. The van der Waals surface area contributed by atoms with Crippen LogP contribution in [0.5, 0.6) is 5.75 Å². The van der Waals surface area contributed by atoms with Crippen molar-refractivity contribution in [3.63, 3.8) is 0 Å². The van der Waals surface area contributed by atoms with Gasteiger partial charge in [-0.25, -0.2) is 0 Å². The highest BCUT2D eigenvalue weighted by atomic mass is 19.4. The number of nitrogens with zero attached hydrogens (tertiary/aromatic N) is 1. The van der Waals surface area contributed by atoms with Crippen molar-refractivity contribution in [2.24, 2.45) is 0 Å². The molecule has 0 unspecified atom stereocenters. The number of halogens is 6. The number of ether oxygens (including phenoxy) is 1. The molecule has 1 amide bonds.